The van der Waals surface area contributed by atoms with E-state index in [1.165, 1.54) is 4.90 Å². The summed E-state index contributed by atoms with van der Waals surface area (Å²) in [6, 6.07) is 10.8. The van der Waals surface area contributed by atoms with Crippen LogP contribution in [0.4, 0.5) is 0 Å². The Morgan fingerprint density at radius 2 is 1.79 bits per heavy atom. The van der Waals surface area contributed by atoms with Crippen molar-refractivity contribution in [3.05, 3.63) is 54.5 Å². The number of benzene rings is 1. The number of pyridine rings is 2. The maximum absolute atomic E-state index is 11.5. The number of amides is 2. The van der Waals surface area contributed by atoms with Crippen molar-refractivity contribution in [3.8, 4) is 16.9 Å². The maximum atomic E-state index is 11.5. The van der Waals surface area contributed by atoms with Gasteiger partial charge in [-0.25, -0.2) is 4.98 Å². The van der Waals surface area contributed by atoms with Gasteiger partial charge in [-0.3, -0.25) is 14.6 Å². The number of hydrogen-bond acceptors (Lipinski definition) is 6. The molecule has 0 aliphatic heterocycles. The highest BCUT2D eigenvalue weighted by molar-refractivity contribution is 5.97. The topological polar surface area (TPSA) is 108 Å². The second-order valence-corrected chi connectivity index (χ2v) is 6.53. The summed E-state index contributed by atoms with van der Waals surface area (Å²) >= 11 is 0. The van der Waals surface area contributed by atoms with Gasteiger partial charge in [0.2, 0.25) is 5.91 Å². The standard InChI is InChI=1S/C21H22N4O4/c1-25(2)19(26)13-28-9-10-29-16-6-3-14(4-7-16)17-12-23-11-15-5-8-18(21(22)27)24-20(15)17/h3-8,11-12H,9-10,13H2,1-2H3,(H2,22,27). The zero-order chi connectivity index (χ0) is 20.8. The Balaban J connectivity index is 1.67. The Labute approximate surface area is 168 Å². The Bertz CT molecular complexity index is 1020. The fourth-order valence-electron chi connectivity index (χ4n) is 2.63. The number of likely N-dealkylation sites (N-methyl/N-ethyl adjacent to an activating group) is 1. The molecule has 8 heteroatoms. The predicted molar refractivity (Wildman–Crippen MR) is 108 cm³/mol. The van der Waals surface area contributed by atoms with Crippen LogP contribution in [0.15, 0.2) is 48.8 Å². The number of carbonyl (C=O) groups is 2. The average molecular weight is 394 g/mol. The van der Waals surface area contributed by atoms with Gasteiger partial charge in [-0.05, 0) is 29.8 Å². The molecule has 0 aliphatic carbocycles. The number of hydrogen-bond donors (Lipinski definition) is 1. The van der Waals surface area contributed by atoms with Crippen molar-refractivity contribution in [1.82, 2.24) is 14.9 Å². The fraction of sp³-hybridized carbons (Fsp3) is 0.238. The molecule has 2 amide bonds. The molecule has 150 valence electrons. The van der Waals surface area contributed by atoms with Crippen molar-refractivity contribution >= 4 is 22.7 Å². The van der Waals surface area contributed by atoms with E-state index in [2.05, 4.69) is 9.97 Å². The number of nitrogens with two attached hydrogens (primary N) is 1. The van der Waals surface area contributed by atoms with E-state index >= 15 is 0 Å². The molecule has 0 unspecified atom stereocenters. The van der Waals surface area contributed by atoms with Crippen molar-refractivity contribution in [3.63, 3.8) is 0 Å². The van der Waals surface area contributed by atoms with E-state index in [0.717, 1.165) is 16.5 Å². The zero-order valence-corrected chi connectivity index (χ0v) is 16.3. The van der Waals surface area contributed by atoms with Gasteiger partial charge in [-0.1, -0.05) is 12.1 Å². The van der Waals surface area contributed by atoms with E-state index in [-0.39, 0.29) is 18.2 Å². The summed E-state index contributed by atoms with van der Waals surface area (Å²) in [5, 5.41) is 0.817. The minimum absolute atomic E-state index is 0.0314. The zero-order valence-electron chi connectivity index (χ0n) is 16.3. The lowest BCUT2D eigenvalue weighted by atomic mass is 10.0. The number of fused-ring (bicyclic) bond motifs is 1. The molecule has 8 nitrogen and oxygen atoms in total. The lowest BCUT2D eigenvalue weighted by Gasteiger charge is -2.11. The van der Waals surface area contributed by atoms with Gasteiger partial charge < -0.3 is 20.1 Å². The molecule has 0 saturated heterocycles. The molecule has 0 bridgehead atoms. The summed E-state index contributed by atoms with van der Waals surface area (Å²) in [5.74, 6) is 0.00864. The number of nitrogens with zero attached hydrogens (tertiary/aromatic N) is 3. The first-order valence-electron chi connectivity index (χ1n) is 9.01. The van der Waals surface area contributed by atoms with Crippen LogP contribution >= 0.6 is 0 Å². The third-order valence-corrected chi connectivity index (χ3v) is 4.24. The predicted octanol–water partition coefficient (Wildman–Crippen LogP) is 1.88. The fourth-order valence-corrected chi connectivity index (χ4v) is 2.63. The number of aromatic nitrogens is 2. The second-order valence-electron chi connectivity index (χ2n) is 6.53. The molecule has 3 aromatic rings. The second kappa shape index (κ2) is 9.11. The van der Waals surface area contributed by atoms with Crippen molar-refractivity contribution in [2.75, 3.05) is 33.9 Å². The van der Waals surface area contributed by atoms with Gasteiger partial charge in [0.1, 0.15) is 24.7 Å². The van der Waals surface area contributed by atoms with E-state index < -0.39 is 5.91 Å². The summed E-state index contributed by atoms with van der Waals surface area (Å²) in [4.78, 5) is 33.0. The van der Waals surface area contributed by atoms with Gasteiger partial charge in [0, 0.05) is 37.4 Å². The molecule has 2 aromatic heterocycles. The maximum Gasteiger partial charge on any atom is 0.267 e. The Morgan fingerprint density at radius 3 is 2.48 bits per heavy atom. The van der Waals surface area contributed by atoms with Crippen LogP contribution in [0.25, 0.3) is 22.0 Å². The molecule has 0 saturated carbocycles. The molecule has 29 heavy (non-hydrogen) atoms. The number of rotatable bonds is 8. The molecule has 0 spiro atoms. The number of carbonyl (C=O) groups excluding carboxylic acids is 2. The molecule has 0 atom stereocenters. The van der Waals surface area contributed by atoms with Gasteiger partial charge in [0.25, 0.3) is 5.91 Å². The summed E-state index contributed by atoms with van der Waals surface area (Å²) in [6.45, 7) is 0.678. The van der Waals surface area contributed by atoms with Gasteiger partial charge in [-0.2, -0.15) is 0 Å². The lowest BCUT2D eigenvalue weighted by Crippen LogP contribution is -2.27. The normalized spacial score (nSPS) is 10.7. The van der Waals surface area contributed by atoms with Gasteiger partial charge in [0.05, 0.1) is 12.1 Å². The number of primary amides is 1. The molecule has 2 heterocycles. The summed E-state index contributed by atoms with van der Waals surface area (Å²) in [6.07, 6.45) is 3.39. The van der Waals surface area contributed by atoms with Crippen LogP contribution in [-0.2, 0) is 9.53 Å². The van der Waals surface area contributed by atoms with Crippen LogP contribution < -0.4 is 10.5 Å². The van der Waals surface area contributed by atoms with Gasteiger partial charge >= 0.3 is 0 Å². The average Bonchev–Trinajstić information content (AvgIpc) is 2.73. The van der Waals surface area contributed by atoms with Crippen molar-refractivity contribution < 1.29 is 19.1 Å². The van der Waals surface area contributed by atoms with Gasteiger partial charge in [0.15, 0.2) is 0 Å². The lowest BCUT2D eigenvalue weighted by molar-refractivity contribution is -0.133. The molecular formula is C21H22N4O4. The van der Waals surface area contributed by atoms with E-state index in [9.17, 15) is 9.59 Å². The summed E-state index contributed by atoms with van der Waals surface area (Å²) < 4.78 is 10.9. The van der Waals surface area contributed by atoms with Crippen molar-refractivity contribution in [1.29, 1.82) is 0 Å². The summed E-state index contributed by atoms with van der Waals surface area (Å²) in [7, 11) is 3.36. The summed E-state index contributed by atoms with van der Waals surface area (Å²) in [5.41, 5.74) is 7.89. The molecule has 0 radical (unpaired) electrons. The van der Waals surface area contributed by atoms with E-state index in [4.69, 9.17) is 15.2 Å². The van der Waals surface area contributed by atoms with E-state index in [1.807, 2.05) is 24.3 Å². The Kier molecular flexibility index (Phi) is 6.36. The highest BCUT2D eigenvalue weighted by Crippen LogP contribution is 2.28. The largest absolute Gasteiger partial charge is 0.491 e. The molecule has 1 aromatic carbocycles. The van der Waals surface area contributed by atoms with Crippen LogP contribution in [0.2, 0.25) is 0 Å². The first-order valence-corrected chi connectivity index (χ1v) is 9.01. The van der Waals surface area contributed by atoms with Crippen LogP contribution in [-0.4, -0.2) is 60.6 Å². The quantitative estimate of drug-likeness (QED) is 0.585. The van der Waals surface area contributed by atoms with Crippen LogP contribution in [0.5, 0.6) is 5.75 Å². The Hall–Kier alpha value is -3.52. The Morgan fingerprint density at radius 1 is 1.03 bits per heavy atom. The van der Waals surface area contributed by atoms with Gasteiger partial charge in [-0.15, -0.1) is 0 Å². The highest BCUT2D eigenvalue weighted by Gasteiger charge is 2.10. The monoisotopic (exact) mass is 394 g/mol. The van der Waals surface area contributed by atoms with Crippen LogP contribution in [0, 0.1) is 0 Å². The molecule has 0 aliphatic rings. The molecule has 3 rings (SSSR count). The SMILES string of the molecule is CN(C)C(=O)COCCOc1ccc(-c2cncc3ccc(C(N)=O)nc23)cc1. The van der Waals surface area contributed by atoms with Crippen LogP contribution in [0.3, 0.4) is 0 Å². The van der Waals surface area contributed by atoms with Crippen molar-refractivity contribution in [2.24, 2.45) is 5.73 Å². The molecular weight excluding hydrogens is 372 g/mol. The van der Waals surface area contributed by atoms with E-state index in [0.29, 0.717) is 24.5 Å². The number of ether oxygens (including phenoxy) is 2. The van der Waals surface area contributed by atoms with E-state index in [1.54, 1.807) is 38.6 Å². The highest BCUT2D eigenvalue weighted by atomic mass is 16.5. The molecule has 0 fully saturated rings. The minimum Gasteiger partial charge on any atom is -0.491 e. The minimum atomic E-state index is -0.576. The van der Waals surface area contributed by atoms with Crippen molar-refractivity contribution in [2.45, 2.75) is 0 Å². The first kappa shape index (κ1) is 20.2. The smallest absolute Gasteiger partial charge is 0.267 e. The third-order valence-electron chi connectivity index (χ3n) is 4.24. The third kappa shape index (κ3) is 5.05. The first-order chi connectivity index (χ1) is 14.0. The van der Waals surface area contributed by atoms with Crippen LogP contribution in [0.1, 0.15) is 10.5 Å². The molecule has 2 N–H and O–H groups in total.